The molecule has 1 unspecified atom stereocenters. The third-order valence-electron chi connectivity index (χ3n) is 4.95. The van der Waals surface area contributed by atoms with Crippen LogP contribution in [-0.4, -0.2) is 37.2 Å². The molecule has 32 heavy (non-hydrogen) atoms. The molecule has 1 N–H and O–H groups in total. The molecule has 5 nitrogen and oxygen atoms in total. The molecule has 1 saturated heterocycles. The van der Waals surface area contributed by atoms with E-state index in [1.165, 1.54) is 6.92 Å². The lowest BCUT2D eigenvalue weighted by molar-refractivity contribution is -0.165. The van der Waals surface area contributed by atoms with Crippen LogP contribution < -0.4 is 4.74 Å². The van der Waals surface area contributed by atoms with E-state index < -0.39 is 58.0 Å². The van der Waals surface area contributed by atoms with Gasteiger partial charge < -0.3 is 19.3 Å². The van der Waals surface area contributed by atoms with Crippen molar-refractivity contribution in [3.63, 3.8) is 0 Å². The molecule has 1 aliphatic rings. The maximum Gasteiger partial charge on any atom is 0.336 e. The van der Waals surface area contributed by atoms with Crippen molar-refractivity contribution in [1.29, 1.82) is 0 Å². The highest BCUT2D eigenvalue weighted by Crippen LogP contribution is 2.43. The molecule has 11 heteroatoms. The van der Waals surface area contributed by atoms with E-state index in [1.807, 2.05) is 0 Å². The summed E-state index contributed by atoms with van der Waals surface area (Å²) in [7, 11) is 0. The number of benzene rings is 2. The quantitative estimate of drug-likeness (QED) is 0.216. The van der Waals surface area contributed by atoms with Gasteiger partial charge in [-0.05, 0) is 48.2 Å². The van der Waals surface area contributed by atoms with Gasteiger partial charge in [0.25, 0.3) is 0 Å². The van der Waals surface area contributed by atoms with Crippen LogP contribution in [0.25, 0.3) is 11.1 Å². The van der Waals surface area contributed by atoms with Crippen LogP contribution in [0.1, 0.15) is 35.2 Å². The normalized spacial score (nSPS) is 16.3. The molecule has 2 aromatic rings. The molecule has 1 fully saturated rings. The van der Waals surface area contributed by atoms with Crippen LogP contribution in [0.5, 0.6) is 5.75 Å². The maximum absolute atomic E-state index is 14.4. The number of ether oxygens (including phenoxy) is 3. The smallest absolute Gasteiger partial charge is 0.336 e. The highest BCUT2D eigenvalue weighted by Gasteiger charge is 2.30. The minimum absolute atomic E-state index is 0.0612. The van der Waals surface area contributed by atoms with Gasteiger partial charge >= 0.3 is 5.97 Å². The van der Waals surface area contributed by atoms with Crippen LogP contribution in [0.15, 0.2) is 10.5 Å². The molecule has 0 aromatic heterocycles. The first kappa shape index (κ1) is 24.4. The van der Waals surface area contributed by atoms with Gasteiger partial charge in [-0.25, -0.2) is 26.7 Å². The summed E-state index contributed by atoms with van der Waals surface area (Å²) in [4.78, 5) is 11.7. The predicted octanol–water partition coefficient (Wildman–Crippen LogP) is 5.74. The molecule has 0 spiro atoms. The van der Waals surface area contributed by atoms with Gasteiger partial charge in [0, 0.05) is 17.7 Å². The summed E-state index contributed by atoms with van der Waals surface area (Å²) >= 11 is 3.06. The standard InChI is InChI=1S/C21H18BrF5O5/c1-9-10(21(28)29)8-11(13-15(23)17(25)19(27)18(26)16(13)24)14(22)20(9)32-7-6-31-12-4-2-3-5-30-12/h8,12H,2-7H2,1H3,(H,28,29). The summed E-state index contributed by atoms with van der Waals surface area (Å²) in [6, 6.07) is 0.819. The molecular formula is C21H18BrF5O5. The van der Waals surface area contributed by atoms with E-state index in [2.05, 4.69) is 15.9 Å². The first-order valence-corrected chi connectivity index (χ1v) is 10.4. The molecule has 1 heterocycles. The topological polar surface area (TPSA) is 65.0 Å². The number of rotatable bonds is 7. The summed E-state index contributed by atoms with van der Waals surface area (Å²) < 4.78 is 86.0. The van der Waals surface area contributed by atoms with Gasteiger partial charge in [-0.3, -0.25) is 0 Å². The first-order chi connectivity index (χ1) is 15.1. The zero-order valence-corrected chi connectivity index (χ0v) is 18.3. The van der Waals surface area contributed by atoms with Gasteiger partial charge in [0.2, 0.25) is 5.82 Å². The third kappa shape index (κ3) is 4.74. The minimum atomic E-state index is -2.32. The Morgan fingerprint density at radius 1 is 1.09 bits per heavy atom. The van der Waals surface area contributed by atoms with Gasteiger partial charge in [-0.1, -0.05) is 0 Å². The number of carboxylic acid groups (broad SMARTS) is 1. The summed E-state index contributed by atoms with van der Waals surface area (Å²) in [5.74, 6) is -12.4. The first-order valence-electron chi connectivity index (χ1n) is 9.59. The van der Waals surface area contributed by atoms with E-state index in [9.17, 15) is 31.9 Å². The lowest BCUT2D eigenvalue weighted by Gasteiger charge is -2.23. The highest BCUT2D eigenvalue weighted by atomic mass is 79.9. The lowest BCUT2D eigenvalue weighted by atomic mass is 9.97. The molecule has 0 saturated carbocycles. The molecule has 0 bridgehead atoms. The van der Waals surface area contributed by atoms with E-state index in [1.54, 1.807) is 0 Å². The fourth-order valence-corrected chi connectivity index (χ4v) is 4.03. The second-order valence-corrected chi connectivity index (χ2v) is 7.80. The summed E-state index contributed by atoms with van der Waals surface area (Å²) in [5.41, 5.74) is -2.18. The Hall–Kier alpha value is -2.24. The summed E-state index contributed by atoms with van der Waals surface area (Å²) in [6.45, 7) is 1.93. The SMILES string of the molecule is Cc1c(C(=O)O)cc(-c2c(F)c(F)c(F)c(F)c2F)c(Br)c1OCCOC1CCCCO1. The zero-order chi connectivity index (χ0) is 23.6. The van der Waals surface area contributed by atoms with Crippen molar-refractivity contribution in [2.75, 3.05) is 19.8 Å². The third-order valence-corrected chi connectivity index (χ3v) is 5.74. The molecule has 2 aromatic carbocycles. The van der Waals surface area contributed by atoms with Crippen molar-refractivity contribution in [1.82, 2.24) is 0 Å². The average molecular weight is 525 g/mol. The molecule has 0 aliphatic carbocycles. The predicted molar refractivity (Wildman–Crippen MR) is 106 cm³/mol. The Kier molecular flexibility index (Phi) is 7.73. The number of hydrogen-bond donors (Lipinski definition) is 1. The van der Waals surface area contributed by atoms with Gasteiger partial charge in [0.05, 0.1) is 22.2 Å². The highest BCUT2D eigenvalue weighted by molar-refractivity contribution is 9.10. The Balaban J connectivity index is 1.98. The Labute approximate surface area is 188 Å². The van der Waals surface area contributed by atoms with E-state index in [-0.39, 0.29) is 29.0 Å². The maximum atomic E-state index is 14.4. The average Bonchev–Trinajstić information content (AvgIpc) is 2.77. The van der Waals surface area contributed by atoms with Crippen LogP contribution in [0, 0.1) is 36.0 Å². The Bertz CT molecular complexity index is 1010. The number of halogens is 6. The van der Waals surface area contributed by atoms with Crippen molar-refractivity contribution < 1.29 is 46.1 Å². The van der Waals surface area contributed by atoms with Crippen LogP contribution >= 0.6 is 15.9 Å². The largest absolute Gasteiger partial charge is 0.490 e. The van der Waals surface area contributed by atoms with E-state index in [4.69, 9.17) is 14.2 Å². The molecule has 3 rings (SSSR count). The zero-order valence-electron chi connectivity index (χ0n) is 16.7. The molecule has 1 atom stereocenters. The number of carbonyl (C=O) groups is 1. The fourth-order valence-electron chi connectivity index (χ4n) is 3.31. The van der Waals surface area contributed by atoms with Gasteiger partial charge in [-0.2, -0.15) is 0 Å². The Morgan fingerprint density at radius 3 is 2.28 bits per heavy atom. The molecule has 0 amide bonds. The summed E-state index contributed by atoms with van der Waals surface area (Å²) in [6.07, 6.45) is 2.19. The molecule has 174 valence electrons. The minimum Gasteiger partial charge on any atom is -0.490 e. The van der Waals surface area contributed by atoms with E-state index in [0.29, 0.717) is 13.0 Å². The summed E-state index contributed by atoms with van der Waals surface area (Å²) in [5, 5.41) is 9.48. The second kappa shape index (κ2) is 10.1. The monoisotopic (exact) mass is 524 g/mol. The molecule has 0 radical (unpaired) electrons. The molecule has 1 aliphatic heterocycles. The van der Waals surface area contributed by atoms with Crippen molar-refractivity contribution in [3.8, 4) is 16.9 Å². The van der Waals surface area contributed by atoms with Crippen LogP contribution in [0.3, 0.4) is 0 Å². The van der Waals surface area contributed by atoms with E-state index >= 15 is 0 Å². The fraction of sp³-hybridized carbons (Fsp3) is 0.381. The van der Waals surface area contributed by atoms with Crippen molar-refractivity contribution in [2.24, 2.45) is 0 Å². The van der Waals surface area contributed by atoms with Gasteiger partial charge in [-0.15, -0.1) is 0 Å². The van der Waals surface area contributed by atoms with Gasteiger partial charge in [0.1, 0.15) is 12.4 Å². The Morgan fingerprint density at radius 2 is 1.72 bits per heavy atom. The van der Waals surface area contributed by atoms with Crippen LogP contribution in [0.2, 0.25) is 0 Å². The van der Waals surface area contributed by atoms with Crippen molar-refractivity contribution >= 4 is 21.9 Å². The number of carboxylic acids is 1. The van der Waals surface area contributed by atoms with Crippen molar-refractivity contribution in [3.05, 3.63) is 50.8 Å². The second-order valence-electron chi connectivity index (χ2n) is 7.01. The van der Waals surface area contributed by atoms with Gasteiger partial charge in [0.15, 0.2) is 29.6 Å². The lowest BCUT2D eigenvalue weighted by Crippen LogP contribution is -2.24. The van der Waals surface area contributed by atoms with Crippen LogP contribution in [-0.2, 0) is 9.47 Å². The number of aromatic carboxylic acids is 1. The molecular weight excluding hydrogens is 507 g/mol. The number of hydrogen-bond acceptors (Lipinski definition) is 4. The van der Waals surface area contributed by atoms with E-state index in [0.717, 1.165) is 18.9 Å². The van der Waals surface area contributed by atoms with Crippen molar-refractivity contribution in [2.45, 2.75) is 32.5 Å². The van der Waals surface area contributed by atoms with Crippen LogP contribution in [0.4, 0.5) is 22.0 Å².